The first-order valence-corrected chi connectivity index (χ1v) is 9.75. The van der Waals surface area contributed by atoms with E-state index in [0.29, 0.717) is 25.6 Å². The number of benzene rings is 1. The van der Waals surface area contributed by atoms with Crippen LogP contribution in [0.2, 0.25) is 0 Å². The third-order valence-electron chi connectivity index (χ3n) is 5.73. The molecule has 0 N–H and O–H groups in total. The van der Waals surface area contributed by atoms with Gasteiger partial charge in [0.1, 0.15) is 0 Å². The summed E-state index contributed by atoms with van der Waals surface area (Å²) in [6.07, 6.45) is 8.65. The number of hydrogen-bond donors (Lipinski definition) is 0. The molecule has 6 heteroatoms. The van der Waals surface area contributed by atoms with Gasteiger partial charge in [0.15, 0.2) is 0 Å². The van der Waals surface area contributed by atoms with E-state index >= 15 is 0 Å². The van der Waals surface area contributed by atoms with Crippen LogP contribution in [0.4, 0.5) is 0 Å². The Morgan fingerprint density at radius 2 is 1.96 bits per heavy atom. The third kappa shape index (κ3) is 3.75. The van der Waals surface area contributed by atoms with Gasteiger partial charge in [-0.3, -0.25) is 9.59 Å². The van der Waals surface area contributed by atoms with Crippen molar-refractivity contribution < 1.29 is 9.59 Å². The third-order valence-corrected chi connectivity index (χ3v) is 5.73. The van der Waals surface area contributed by atoms with Crippen molar-refractivity contribution in [3.8, 4) is 5.69 Å². The molecule has 1 atom stereocenters. The van der Waals surface area contributed by atoms with E-state index < -0.39 is 0 Å². The monoisotopic (exact) mass is 366 g/mol. The number of hydrogen-bond acceptors (Lipinski definition) is 3. The van der Waals surface area contributed by atoms with Crippen molar-refractivity contribution in [2.75, 3.05) is 13.6 Å². The number of amides is 2. The average molecular weight is 366 g/mol. The molecule has 2 aliphatic rings. The van der Waals surface area contributed by atoms with Gasteiger partial charge >= 0.3 is 0 Å². The number of nitrogens with zero attached hydrogens (tertiary/aromatic N) is 4. The fourth-order valence-corrected chi connectivity index (χ4v) is 4.29. The minimum atomic E-state index is -0.215. The van der Waals surface area contributed by atoms with Crippen molar-refractivity contribution in [1.29, 1.82) is 0 Å². The molecular weight excluding hydrogens is 340 g/mol. The quantitative estimate of drug-likeness (QED) is 0.817. The van der Waals surface area contributed by atoms with Crippen LogP contribution in [0.25, 0.3) is 5.69 Å². The number of carbonyl (C=O) groups excluding carboxylic acids is 2. The minimum absolute atomic E-state index is 0.0521. The van der Waals surface area contributed by atoms with Crippen LogP contribution in [0.15, 0.2) is 42.7 Å². The molecule has 142 valence electrons. The molecule has 1 aliphatic carbocycles. The lowest BCUT2D eigenvalue weighted by Crippen LogP contribution is -2.37. The highest BCUT2D eigenvalue weighted by Crippen LogP contribution is 2.30. The Morgan fingerprint density at radius 3 is 2.70 bits per heavy atom. The van der Waals surface area contributed by atoms with Gasteiger partial charge in [0.25, 0.3) is 0 Å². The minimum Gasteiger partial charge on any atom is -0.341 e. The smallest absolute Gasteiger partial charge is 0.228 e. The molecule has 0 spiro atoms. The number of likely N-dealkylation sites (tertiary alicyclic amines) is 1. The van der Waals surface area contributed by atoms with E-state index in [1.54, 1.807) is 11.1 Å². The summed E-state index contributed by atoms with van der Waals surface area (Å²) in [5, 5.41) is 4.39. The van der Waals surface area contributed by atoms with Crippen LogP contribution in [0.1, 0.15) is 37.7 Å². The Kier molecular flexibility index (Phi) is 4.97. The first kappa shape index (κ1) is 17.8. The van der Waals surface area contributed by atoms with Crippen molar-refractivity contribution in [1.82, 2.24) is 19.6 Å². The number of para-hydroxylation sites is 1. The molecule has 1 saturated heterocycles. The molecule has 1 saturated carbocycles. The largest absolute Gasteiger partial charge is 0.341 e. The van der Waals surface area contributed by atoms with Crippen LogP contribution < -0.4 is 0 Å². The van der Waals surface area contributed by atoms with E-state index in [-0.39, 0.29) is 17.7 Å². The molecule has 1 aromatic carbocycles. The van der Waals surface area contributed by atoms with Crippen LogP contribution in [0, 0.1) is 5.92 Å². The Balaban J connectivity index is 1.37. The molecule has 0 bridgehead atoms. The first-order valence-electron chi connectivity index (χ1n) is 9.75. The van der Waals surface area contributed by atoms with Crippen LogP contribution >= 0.6 is 0 Å². The van der Waals surface area contributed by atoms with Gasteiger partial charge in [-0.05, 0) is 25.0 Å². The zero-order chi connectivity index (χ0) is 18.8. The van der Waals surface area contributed by atoms with Crippen LogP contribution in [-0.4, -0.2) is 51.0 Å². The predicted octanol–water partition coefficient (Wildman–Crippen LogP) is 2.62. The lowest BCUT2D eigenvalue weighted by atomic mass is 10.1. The molecule has 2 aromatic rings. The standard InChI is InChI=1S/C21H26N4O2/c1-23(13-16-12-22-25(14-16)19-9-3-2-4-10-19)21(27)17-11-20(26)24(15-17)18-7-5-6-8-18/h2-4,9-10,12,14,17-18H,5-8,11,13,15H2,1H3/t17-/m0/s1. The summed E-state index contributed by atoms with van der Waals surface area (Å²) < 4.78 is 1.81. The molecule has 2 fully saturated rings. The van der Waals surface area contributed by atoms with E-state index in [2.05, 4.69) is 5.10 Å². The highest BCUT2D eigenvalue weighted by Gasteiger charge is 2.39. The van der Waals surface area contributed by atoms with Gasteiger partial charge in [-0.1, -0.05) is 31.0 Å². The van der Waals surface area contributed by atoms with Crippen molar-refractivity contribution in [3.05, 3.63) is 48.3 Å². The molecule has 1 aromatic heterocycles. The van der Waals surface area contributed by atoms with Gasteiger partial charge in [0.05, 0.1) is 17.8 Å². The Labute approximate surface area is 159 Å². The summed E-state index contributed by atoms with van der Waals surface area (Å²) in [6.45, 7) is 1.08. The summed E-state index contributed by atoms with van der Waals surface area (Å²) in [4.78, 5) is 28.9. The van der Waals surface area contributed by atoms with Gasteiger partial charge in [-0.25, -0.2) is 4.68 Å². The lowest BCUT2D eigenvalue weighted by Gasteiger charge is -2.25. The number of carbonyl (C=O) groups is 2. The summed E-state index contributed by atoms with van der Waals surface area (Å²) in [6, 6.07) is 10.3. The molecule has 0 radical (unpaired) electrons. The van der Waals surface area contributed by atoms with Gasteiger partial charge in [0, 0.05) is 44.4 Å². The maximum absolute atomic E-state index is 12.9. The van der Waals surface area contributed by atoms with Crippen molar-refractivity contribution in [2.45, 2.75) is 44.7 Å². The maximum Gasteiger partial charge on any atom is 0.228 e. The topological polar surface area (TPSA) is 58.4 Å². The van der Waals surface area contributed by atoms with Crippen molar-refractivity contribution in [2.24, 2.45) is 5.92 Å². The number of aromatic nitrogens is 2. The summed E-state index contributed by atoms with van der Waals surface area (Å²) >= 11 is 0. The van der Waals surface area contributed by atoms with E-state index in [0.717, 1.165) is 24.1 Å². The highest BCUT2D eigenvalue weighted by molar-refractivity contribution is 5.89. The maximum atomic E-state index is 12.9. The zero-order valence-electron chi connectivity index (χ0n) is 15.8. The zero-order valence-corrected chi connectivity index (χ0v) is 15.8. The van der Waals surface area contributed by atoms with Crippen LogP contribution in [0.5, 0.6) is 0 Å². The first-order chi connectivity index (χ1) is 13.1. The Bertz CT molecular complexity index is 811. The molecule has 0 unspecified atom stereocenters. The Hall–Kier alpha value is -2.63. The van der Waals surface area contributed by atoms with Gasteiger partial charge in [0.2, 0.25) is 11.8 Å². The fraction of sp³-hybridized carbons (Fsp3) is 0.476. The van der Waals surface area contributed by atoms with Gasteiger partial charge in [-0.2, -0.15) is 5.10 Å². The molecule has 1 aliphatic heterocycles. The Morgan fingerprint density at radius 1 is 1.22 bits per heavy atom. The molecule has 27 heavy (non-hydrogen) atoms. The summed E-state index contributed by atoms with van der Waals surface area (Å²) in [7, 11) is 1.81. The molecular formula is C21H26N4O2. The van der Waals surface area contributed by atoms with Crippen LogP contribution in [0.3, 0.4) is 0 Å². The molecule has 2 amide bonds. The second-order valence-corrected chi connectivity index (χ2v) is 7.71. The summed E-state index contributed by atoms with van der Waals surface area (Å²) in [5.41, 5.74) is 1.97. The lowest BCUT2D eigenvalue weighted by molar-refractivity contribution is -0.135. The normalized spacial score (nSPS) is 20.4. The average Bonchev–Trinajstić information content (AvgIpc) is 3.42. The second kappa shape index (κ2) is 7.55. The van der Waals surface area contributed by atoms with Crippen molar-refractivity contribution in [3.63, 3.8) is 0 Å². The summed E-state index contributed by atoms with van der Waals surface area (Å²) in [5.74, 6) is -0.0193. The van der Waals surface area contributed by atoms with Crippen molar-refractivity contribution >= 4 is 11.8 Å². The molecule has 2 heterocycles. The predicted molar refractivity (Wildman–Crippen MR) is 102 cm³/mol. The van der Waals surface area contributed by atoms with Gasteiger partial charge in [-0.15, -0.1) is 0 Å². The van der Waals surface area contributed by atoms with E-state index in [1.807, 2.05) is 53.2 Å². The fourth-order valence-electron chi connectivity index (χ4n) is 4.29. The van der Waals surface area contributed by atoms with Crippen LogP contribution in [-0.2, 0) is 16.1 Å². The van der Waals surface area contributed by atoms with Gasteiger partial charge < -0.3 is 9.80 Å². The molecule has 6 nitrogen and oxygen atoms in total. The highest BCUT2D eigenvalue weighted by atomic mass is 16.2. The second-order valence-electron chi connectivity index (χ2n) is 7.71. The number of rotatable bonds is 5. The molecule has 4 rings (SSSR count). The van der Waals surface area contributed by atoms with E-state index in [1.165, 1.54) is 12.8 Å². The van der Waals surface area contributed by atoms with E-state index in [9.17, 15) is 9.59 Å². The van der Waals surface area contributed by atoms with E-state index in [4.69, 9.17) is 0 Å². The SMILES string of the molecule is CN(Cc1cnn(-c2ccccc2)c1)C(=O)[C@H]1CC(=O)N(C2CCCC2)C1.